The molecule has 172 valence electrons. The van der Waals surface area contributed by atoms with Crippen molar-refractivity contribution in [2.45, 2.75) is 63.5 Å². The van der Waals surface area contributed by atoms with Crippen molar-refractivity contribution in [2.75, 3.05) is 13.2 Å². The second kappa shape index (κ2) is 8.60. The van der Waals surface area contributed by atoms with E-state index in [9.17, 15) is 4.79 Å². The Kier molecular flexibility index (Phi) is 5.45. The zero-order chi connectivity index (χ0) is 22.3. The van der Waals surface area contributed by atoms with Crippen LogP contribution >= 0.6 is 0 Å². The van der Waals surface area contributed by atoms with Crippen molar-refractivity contribution in [1.29, 1.82) is 0 Å². The molecule has 3 aliphatic rings. The fourth-order valence-corrected chi connectivity index (χ4v) is 6.71. The quantitative estimate of drug-likeness (QED) is 0.609. The molecule has 2 aromatic heterocycles. The summed E-state index contributed by atoms with van der Waals surface area (Å²) in [7, 11) is 0. The highest BCUT2D eigenvalue weighted by Crippen LogP contribution is 2.45. The predicted molar refractivity (Wildman–Crippen MR) is 129 cm³/mol. The molecule has 3 aromatic rings. The summed E-state index contributed by atoms with van der Waals surface area (Å²) >= 11 is 0. The zero-order valence-corrected chi connectivity index (χ0v) is 19.2. The van der Waals surface area contributed by atoms with Gasteiger partial charge in [0, 0.05) is 43.1 Å². The lowest BCUT2D eigenvalue weighted by atomic mass is 9.73. The maximum Gasteiger partial charge on any atom is 0.229 e. The Bertz CT molecular complexity index is 1100. The number of nitrogens with zero attached hydrogens (tertiary/aromatic N) is 2. The van der Waals surface area contributed by atoms with Gasteiger partial charge in [-0.3, -0.25) is 4.79 Å². The third kappa shape index (κ3) is 3.97. The number of benzene rings is 1. The van der Waals surface area contributed by atoms with E-state index in [0.717, 1.165) is 57.0 Å². The van der Waals surface area contributed by atoms with E-state index in [-0.39, 0.29) is 5.41 Å². The molecule has 5 heterocycles. The van der Waals surface area contributed by atoms with Crippen molar-refractivity contribution in [3.05, 3.63) is 66.0 Å². The van der Waals surface area contributed by atoms with Gasteiger partial charge in [-0.15, -0.1) is 0 Å². The topological polar surface area (TPSA) is 58.2 Å². The lowest BCUT2D eigenvalue weighted by molar-refractivity contribution is -0.153. The number of rotatable bonds is 5. The highest BCUT2D eigenvalue weighted by Gasteiger charge is 2.50. The van der Waals surface area contributed by atoms with Crippen LogP contribution in [0.25, 0.3) is 11.0 Å². The minimum Gasteiger partial charge on any atom is -0.381 e. The van der Waals surface area contributed by atoms with Crippen molar-refractivity contribution in [1.82, 2.24) is 14.9 Å². The first-order chi connectivity index (χ1) is 16.2. The third-order valence-electron chi connectivity index (χ3n) is 8.34. The highest BCUT2D eigenvalue weighted by atomic mass is 16.5. The van der Waals surface area contributed by atoms with Gasteiger partial charge in [-0.05, 0) is 80.5 Å². The fourth-order valence-electron chi connectivity index (χ4n) is 6.71. The number of H-pyrrole nitrogens is 1. The van der Waals surface area contributed by atoms with Gasteiger partial charge in [0.1, 0.15) is 5.65 Å². The SMILES string of the molecule is O=C(N1[C@H]2CC[C@H]1CC(Cc1cnc3[nH]ccc3c1)C2)C1(Cc2ccccc2)CCOCC1. The minimum absolute atomic E-state index is 0.309. The number of piperidine rings is 1. The molecule has 0 aliphatic carbocycles. The molecule has 2 bridgehead atoms. The van der Waals surface area contributed by atoms with Gasteiger partial charge in [0.25, 0.3) is 0 Å². The lowest BCUT2D eigenvalue weighted by Crippen LogP contribution is -2.55. The van der Waals surface area contributed by atoms with Crippen LogP contribution in [0.15, 0.2) is 54.9 Å². The number of hydrogen-bond acceptors (Lipinski definition) is 3. The van der Waals surface area contributed by atoms with Crippen molar-refractivity contribution in [3.8, 4) is 0 Å². The van der Waals surface area contributed by atoms with E-state index in [1.54, 1.807) is 0 Å². The van der Waals surface area contributed by atoms with Crippen LogP contribution in [-0.2, 0) is 22.4 Å². The summed E-state index contributed by atoms with van der Waals surface area (Å²) in [4.78, 5) is 24.3. The van der Waals surface area contributed by atoms with Gasteiger partial charge in [0.05, 0.1) is 5.41 Å². The van der Waals surface area contributed by atoms with Crippen LogP contribution in [0.2, 0.25) is 0 Å². The number of carbonyl (C=O) groups is 1. The summed E-state index contributed by atoms with van der Waals surface area (Å²) in [6.45, 7) is 1.39. The molecule has 33 heavy (non-hydrogen) atoms. The molecule has 0 saturated carbocycles. The molecule has 5 nitrogen and oxygen atoms in total. The summed E-state index contributed by atoms with van der Waals surface area (Å²) in [6, 6.07) is 15.7. The van der Waals surface area contributed by atoms with Gasteiger partial charge < -0.3 is 14.6 Å². The van der Waals surface area contributed by atoms with E-state index in [1.165, 1.54) is 16.5 Å². The van der Waals surface area contributed by atoms with Crippen LogP contribution < -0.4 is 0 Å². The second-order valence-corrected chi connectivity index (χ2v) is 10.5. The Morgan fingerprint density at radius 1 is 1.06 bits per heavy atom. The molecule has 0 radical (unpaired) electrons. The Labute approximate surface area is 195 Å². The van der Waals surface area contributed by atoms with Crippen LogP contribution in [0.3, 0.4) is 0 Å². The van der Waals surface area contributed by atoms with Crippen LogP contribution in [0.1, 0.15) is 49.7 Å². The molecular formula is C28H33N3O2. The molecule has 3 fully saturated rings. The van der Waals surface area contributed by atoms with E-state index < -0.39 is 0 Å². The first-order valence-electron chi connectivity index (χ1n) is 12.6. The predicted octanol–water partition coefficient (Wildman–Crippen LogP) is 4.91. The smallest absolute Gasteiger partial charge is 0.229 e. The van der Waals surface area contributed by atoms with Crippen molar-refractivity contribution in [3.63, 3.8) is 0 Å². The van der Waals surface area contributed by atoms with E-state index in [2.05, 4.69) is 57.3 Å². The van der Waals surface area contributed by atoms with Crippen molar-refractivity contribution >= 4 is 16.9 Å². The van der Waals surface area contributed by atoms with Gasteiger partial charge in [-0.25, -0.2) is 4.98 Å². The Morgan fingerprint density at radius 2 is 1.82 bits per heavy atom. The molecule has 5 heteroatoms. The average molecular weight is 444 g/mol. The monoisotopic (exact) mass is 443 g/mol. The van der Waals surface area contributed by atoms with E-state index in [1.807, 2.05) is 12.4 Å². The van der Waals surface area contributed by atoms with Crippen LogP contribution in [0.5, 0.6) is 0 Å². The van der Waals surface area contributed by atoms with Crippen molar-refractivity contribution in [2.24, 2.45) is 11.3 Å². The van der Waals surface area contributed by atoms with Gasteiger partial charge >= 0.3 is 0 Å². The molecular weight excluding hydrogens is 410 g/mol. The molecule has 1 N–H and O–H groups in total. The highest BCUT2D eigenvalue weighted by molar-refractivity contribution is 5.84. The first-order valence-corrected chi connectivity index (χ1v) is 12.6. The van der Waals surface area contributed by atoms with Gasteiger partial charge in [-0.1, -0.05) is 30.3 Å². The summed E-state index contributed by atoms with van der Waals surface area (Å²) in [6.07, 6.45) is 12.1. The van der Waals surface area contributed by atoms with Gasteiger partial charge in [-0.2, -0.15) is 0 Å². The van der Waals surface area contributed by atoms with Gasteiger partial charge in [0.2, 0.25) is 5.91 Å². The lowest BCUT2D eigenvalue weighted by Gasteiger charge is -2.46. The average Bonchev–Trinajstić information content (AvgIpc) is 3.41. The third-order valence-corrected chi connectivity index (χ3v) is 8.34. The number of aromatic amines is 1. The minimum atomic E-state index is -0.309. The van der Waals surface area contributed by atoms with Crippen molar-refractivity contribution < 1.29 is 9.53 Å². The maximum atomic E-state index is 14.2. The summed E-state index contributed by atoms with van der Waals surface area (Å²) < 4.78 is 5.70. The van der Waals surface area contributed by atoms with E-state index >= 15 is 0 Å². The molecule has 1 aromatic carbocycles. The normalized spacial score (nSPS) is 26.5. The number of carbonyl (C=O) groups excluding carboxylic acids is 1. The van der Waals surface area contributed by atoms with Crippen LogP contribution in [-0.4, -0.2) is 46.1 Å². The number of aromatic nitrogens is 2. The van der Waals surface area contributed by atoms with Gasteiger partial charge in [0.15, 0.2) is 0 Å². The number of amides is 1. The van der Waals surface area contributed by atoms with E-state index in [0.29, 0.717) is 37.1 Å². The largest absolute Gasteiger partial charge is 0.381 e. The Hall–Kier alpha value is -2.66. The fraction of sp³-hybridized carbons (Fsp3) is 0.500. The molecule has 2 atom stereocenters. The molecule has 0 unspecified atom stereocenters. The summed E-state index contributed by atoms with van der Waals surface area (Å²) in [5.41, 5.74) is 3.23. The number of nitrogens with one attached hydrogen (secondary N) is 1. The Morgan fingerprint density at radius 3 is 2.58 bits per heavy atom. The standard InChI is InChI=1S/C28H33N3O2/c32-27(28(9-12-33-13-10-28)18-20-4-2-1-3-5-20)31-24-6-7-25(31)17-21(16-24)14-22-15-23-8-11-29-26(23)30-19-22/h1-5,8,11,15,19,21,24-25H,6-7,9-10,12-14,16-18H2,(H,29,30)/t24-,25-/m0/s1. The number of hydrogen-bond donors (Lipinski definition) is 1. The number of pyridine rings is 1. The maximum absolute atomic E-state index is 14.2. The van der Waals surface area contributed by atoms with E-state index in [4.69, 9.17) is 4.74 Å². The first kappa shape index (κ1) is 20.9. The molecule has 3 aliphatic heterocycles. The second-order valence-electron chi connectivity index (χ2n) is 10.5. The molecule has 6 rings (SSSR count). The summed E-state index contributed by atoms with van der Waals surface area (Å²) in [5, 5.41) is 1.19. The molecule has 3 saturated heterocycles. The van der Waals surface area contributed by atoms with Crippen LogP contribution in [0.4, 0.5) is 0 Å². The zero-order valence-electron chi connectivity index (χ0n) is 19.2. The Balaban J connectivity index is 1.19. The number of fused-ring (bicyclic) bond motifs is 3. The number of ether oxygens (including phenoxy) is 1. The summed E-state index contributed by atoms with van der Waals surface area (Å²) in [5.74, 6) is 1.03. The molecule has 1 amide bonds. The molecule has 0 spiro atoms. The van der Waals surface area contributed by atoms with Crippen LogP contribution in [0, 0.1) is 11.3 Å².